The number of hydrogen-bond donors (Lipinski definition) is 0. The van der Waals surface area contributed by atoms with Crippen molar-refractivity contribution < 1.29 is 14.1 Å². The molecule has 4 heterocycles. The minimum Gasteiger partial charge on any atom is -0.379 e. The van der Waals surface area contributed by atoms with E-state index < -0.39 is 0 Å². The Morgan fingerprint density at radius 2 is 2.08 bits per heavy atom. The molecule has 0 aliphatic carbocycles. The maximum Gasteiger partial charge on any atom is 0.276 e. The summed E-state index contributed by atoms with van der Waals surface area (Å²) in [5.41, 5.74) is 0.250. The van der Waals surface area contributed by atoms with Crippen LogP contribution in [0.4, 0.5) is 5.95 Å². The van der Waals surface area contributed by atoms with Crippen LogP contribution in [0.5, 0.6) is 0 Å². The minimum atomic E-state index is -0.107. The molecule has 2 aliphatic rings. The van der Waals surface area contributed by atoms with Crippen molar-refractivity contribution in [1.29, 1.82) is 0 Å². The Morgan fingerprint density at radius 3 is 2.84 bits per heavy atom. The van der Waals surface area contributed by atoms with Gasteiger partial charge in [0.05, 0.1) is 13.2 Å². The zero-order valence-electron chi connectivity index (χ0n) is 14.2. The van der Waals surface area contributed by atoms with Gasteiger partial charge in [0.1, 0.15) is 5.76 Å². The van der Waals surface area contributed by atoms with Crippen molar-refractivity contribution >= 4 is 11.9 Å². The number of carbonyl (C=O) groups excluding carboxylic acids is 1. The average Bonchev–Trinajstić information content (AvgIpc) is 3.18. The van der Waals surface area contributed by atoms with Gasteiger partial charge in [0, 0.05) is 50.1 Å². The third kappa shape index (κ3) is 3.21. The van der Waals surface area contributed by atoms with E-state index in [4.69, 9.17) is 9.26 Å². The van der Waals surface area contributed by atoms with Crippen molar-refractivity contribution in [2.75, 3.05) is 44.3 Å². The first kappa shape index (κ1) is 16.0. The fourth-order valence-corrected chi connectivity index (χ4v) is 3.60. The molecule has 132 valence electrons. The van der Waals surface area contributed by atoms with Crippen molar-refractivity contribution in [3.05, 3.63) is 36.0 Å². The summed E-state index contributed by atoms with van der Waals surface area (Å²) in [6, 6.07) is 3.49. The summed E-state index contributed by atoms with van der Waals surface area (Å²) >= 11 is 0. The van der Waals surface area contributed by atoms with Crippen LogP contribution in [0, 0.1) is 12.3 Å². The van der Waals surface area contributed by atoms with Gasteiger partial charge in [-0.25, -0.2) is 9.97 Å². The number of rotatable bonds is 2. The number of ether oxygens (including phenoxy) is 1. The standard InChI is InChI=1S/C17H21N5O3/c1-13-9-14(20-25-13)15(23)21-7-8-24-12-17(10-21)3-6-22(11-17)16-18-4-2-5-19-16/h2,4-5,9H,3,6-8,10-12H2,1H3/t17-/m0/s1. The molecule has 1 amide bonds. The smallest absolute Gasteiger partial charge is 0.276 e. The molecule has 0 aromatic carbocycles. The van der Waals surface area contributed by atoms with Gasteiger partial charge in [0.2, 0.25) is 5.95 Å². The lowest BCUT2D eigenvalue weighted by molar-refractivity contribution is 0.0682. The predicted octanol–water partition coefficient (Wildman–Crippen LogP) is 1.14. The van der Waals surface area contributed by atoms with Crippen LogP contribution in [0.3, 0.4) is 0 Å². The average molecular weight is 343 g/mol. The Morgan fingerprint density at radius 1 is 1.24 bits per heavy atom. The number of amides is 1. The van der Waals surface area contributed by atoms with E-state index in [0.717, 1.165) is 25.5 Å². The van der Waals surface area contributed by atoms with Gasteiger partial charge in [-0.3, -0.25) is 4.79 Å². The highest BCUT2D eigenvalue weighted by atomic mass is 16.5. The monoisotopic (exact) mass is 343 g/mol. The first-order valence-corrected chi connectivity index (χ1v) is 8.48. The van der Waals surface area contributed by atoms with Gasteiger partial charge in [-0.1, -0.05) is 5.16 Å². The molecule has 0 radical (unpaired) electrons. The SMILES string of the molecule is Cc1cc(C(=O)N2CCOC[C@@]3(CCN(c4ncccn4)C3)C2)no1. The lowest BCUT2D eigenvalue weighted by Gasteiger charge is -2.31. The molecule has 1 atom stereocenters. The Bertz CT molecular complexity index is 750. The number of nitrogens with zero attached hydrogens (tertiary/aromatic N) is 5. The molecular weight excluding hydrogens is 322 g/mol. The molecule has 2 fully saturated rings. The highest BCUT2D eigenvalue weighted by Gasteiger charge is 2.43. The Balaban J connectivity index is 1.51. The van der Waals surface area contributed by atoms with Crippen LogP contribution in [-0.4, -0.2) is 65.3 Å². The highest BCUT2D eigenvalue weighted by molar-refractivity contribution is 5.92. The first-order chi connectivity index (χ1) is 12.2. The maximum absolute atomic E-state index is 12.8. The second kappa shape index (κ2) is 6.44. The summed E-state index contributed by atoms with van der Waals surface area (Å²) in [4.78, 5) is 25.4. The highest BCUT2D eigenvalue weighted by Crippen LogP contribution is 2.35. The molecule has 2 aromatic rings. The molecule has 25 heavy (non-hydrogen) atoms. The Hall–Kier alpha value is -2.48. The molecule has 0 saturated carbocycles. The number of aromatic nitrogens is 3. The van der Waals surface area contributed by atoms with E-state index in [2.05, 4.69) is 20.0 Å². The lowest BCUT2D eigenvalue weighted by atomic mass is 9.87. The fraction of sp³-hybridized carbons (Fsp3) is 0.529. The summed E-state index contributed by atoms with van der Waals surface area (Å²) in [6.45, 7) is 5.79. The van der Waals surface area contributed by atoms with E-state index in [1.807, 2.05) is 11.0 Å². The predicted molar refractivity (Wildman–Crippen MR) is 89.3 cm³/mol. The van der Waals surface area contributed by atoms with Gasteiger partial charge in [-0.15, -0.1) is 0 Å². The van der Waals surface area contributed by atoms with E-state index in [1.165, 1.54) is 0 Å². The summed E-state index contributed by atoms with van der Waals surface area (Å²) in [6.07, 6.45) is 4.44. The number of hydrogen-bond acceptors (Lipinski definition) is 7. The maximum atomic E-state index is 12.8. The van der Waals surface area contributed by atoms with Gasteiger partial charge in [0.25, 0.3) is 5.91 Å². The van der Waals surface area contributed by atoms with E-state index >= 15 is 0 Å². The van der Waals surface area contributed by atoms with Crippen LogP contribution in [-0.2, 0) is 4.74 Å². The van der Waals surface area contributed by atoms with Gasteiger partial charge < -0.3 is 19.1 Å². The quantitative estimate of drug-likeness (QED) is 0.808. The van der Waals surface area contributed by atoms with Crippen molar-refractivity contribution in [3.63, 3.8) is 0 Å². The zero-order chi connectivity index (χ0) is 17.3. The molecule has 2 aliphatic heterocycles. The van der Waals surface area contributed by atoms with Crippen molar-refractivity contribution in [2.45, 2.75) is 13.3 Å². The number of aryl methyl sites for hydroxylation is 1. The molecule has 0 unspecified atom stereocenters. The van der Waals surface area contributed by atoms with Crippen LogP contribution in [0.1, 0.15) is 22.7 Å². The van der Waals surface area contributed by atoms with Gasteiger partial charge in [0.15, 0.2) is 5.69 Å². The van der Waals surface area contributed by atoms with Crippen LogP contribution < -0.4 is 4.90 Å². The largest absolute Gasteiger partial charge is 0.379 e. The normalized spacial score (nSPS) is 23.9. The molecule has 0 N–H and O–H groups in total. The third-order valence-corrected chi connectivity index (χ3v) is 4.85. The Kier molecular flexibility index (Phi) is 4.12. The van der Waals surface area contributed by atoms with Gasteiger partial charge >= 0.3 is 0 Å². The summed E-state index contributed by atoms with van der Waals surface area (Å²) in [5, 5.41) is 3.86. The fourth-order valence-electron chi connectivity index (χ4n) is 3.60. The van der Waals surface area contributed by atoms with E-state index in [0.29, 0.717) is 37.8 Å². The van der Waals surface area contributed by atoms with Crippen molar-refractivity contribution in [1.82, 2.24) is 20.0 Å². The molecule has 0 bridgehead atoms. The molecule has 1 spiro atoms. The van der Waals surface area contributed by atoms with Gasteiger partial charge in [-0.05, 0) is 19.4 Å². The van der Waals surface area contributed by atoms with Crippen molar-refractivity contribution in [3.8, 4) is 0 Å². The third-order valence-electron chi connectivity index (χ3n) is 4.85. The summed E-state index contributed by atoms with van der Waals surface area (Å²) in [7, 11) is 0. The molecule has 8 nitrogen and oxygen atoms in total. The van der Waals surface area contributed by atoms with Crippen LogP contribution in [0.2, 0.25) is 0 Å². The number of anilines is 1. The number of carbonyl (C=O) groups is 1. The van der Waals surface area contributed by atoms with E-state index in [-0.39, 0.29) is 11.3 Å². The lowest BCUT2D eigenvalue weighted by Crippen LogP contribution is -2.43. The van der Waals surface area contributed by atoms with E-state index in [9.17, 15) is 4.79 Å². The molecule has 8 heteroatoms. The topological polar surface area (TPSA) is 84.6 Å². The van der Waals surface area contributed by atoms with Crippen LogP contribution in [0.15, 0.2) is 29.0 Å². The first-order valence-electron chi connectivity index (χ1n) is 8.48. The summed E-state index contributed by atoms with van der Waals surface area (Å²) in [5.74, 6) is 1.27. The molecule has 4 rings (SSSR count). The minimum absolute atomic E-state index is 0.101. The zero-order valence-corrected chi connectivity index (χ0v) is 14.2. The Labute approximate surface area is 145 Å². The molecular formula is C17H21N5O3. The van der Waals surface area contributed by atoms with E-state index in [1.54, 1.807) is 25.4 Å². The summed E-state index contributed by atoms with van der Waals surface area (Å²) < 4.78 is 10.9. The molecule has 2 saturated heterocycles. The molecule has 2 aromatic heterocycles. The van der Waals surface area contributed by atoms with Gasteiger partial charge in [-0.2, -0.15) is 0 Å². The van der Waals surface area contributed by atoms with Crippen LogP contribution in [0.25, 0.3) is 0 Å². The van der Waals surface area contributed by atoms with Crippen LogP contribution >= 0.6 is 0 Å². The van der Waals surface area contributed by atoms with Crippen molar-refractivity contribution in [2.24, 2.45) is 5.41 Å². The second-order valence-corrected chi connectivity index (χ2v) is 6.82. The second-order valence-electron chi connectivity index (χ2n) is 6.82.